The first kappa shape index (κ1) is 18.5. The zero-order valence-corrected chi connectivity index (χ0v) is 15.4. The molecule has 2 fully saturated rings. The standard InChI is InChI=1S/C20H32O2.H3N/c1-13(2)14-6-8-16-15(12-14)7-9-17-19(16,3)10-5-11-20(17,4)18(21)22;/h7,13-14,16-17H,5-6,8-12H2,1-4H3,(H,21,22);1H3/t14?,16-,17?,19+,20+;/m0./s1. The van der Waals surface area contributed by atoms with Crippen molar-refractivity contribution in [2.24, 2.45) is 34.5 Å². The van der Waals surface area contributed by atoms with Gasteiger partial charge in [-0.05, 0) is 74.5 Å². The average molecular weight is 322 g/mol. The normalized spacial score (nSPS) is 43.0. The summed E-state index contributed by atoms with van der Waals surface area (Å²) in [6, 6.07) is 0. The number of fused-ring (bicyclic) bond motifs is 3. The van der Waals surface area contributed by atoms with Crippen LogP contribution < -0.4 is 6.15 Å². The molecule has 23 heavy (non-hydrogen) atoms. The largest absolute Gasteiger partial charge is 0.481 e. The van der Waals surface area contributed by atoms with Crippen molar-refractivity contribution in [1.82, 2.24) is 6.15 Å². The molecule has 2 unspecified atom stereocenters. The van der Waals surface area contributed by atoms with Crippen LogP contribution in [-0.4, -0.2) is 11.1 Å². The van der Waals surface area contributed by atoms with Gasteiger partial charge in [0.2, 0.25) is 0 Å². The molecule has 132 valence electrons. The fraction of sp³-hybridized carbons (Fsp3) is 0.850. The predicted molar refractivity (Wildman–Crippen MR) is 94.6 cm³/mol. The van der Waals surface area contributed by atoms with Crippen LogP contribution in [0.2, 0.25) is 0 Å². The fourth-order valence-electron chi connectivity index (χ4n) is 6.05. The molecular formula is C20H35NO2. The number of carbonyl (C=O) groups is 1. The number of allylic oxidation sites excluding steroid dienone is 2. The zero-order chi connectivity index (χ0) is 16.1. The Kier molecular flexibility index (Phi) is 5.02. The second-order valence-corrected chi connectivity index (χ2v) is 8.99. The molecule has 3 aliphatic rings. The lowest BCUT2D eigenvalue weighted by Crippen LogP contribution is -2.53. The van der Waals surface area contributed by atoms with E-state index in [1.54, 1.807) is 5.57 Å². The molecule has 0 heterocycles. The molecule has 3 rings (SSSR count). The van der Waals surface area contributed by atoms with Crippen LogP contribution in [0.3, 0.4) is 0 Å². The van der Waals surface area contributed by atoms with E-state index in [1.807, 2.05) is 6.92 Å². The van der Waals surface area contributed by atoms with E-state index in [4.69, 9.17) is 0 Å². The highest BCUT2D eigenvalue weighted by atomic mass is 16.4. The van der Waals surface area contributed by atoms with Crippen LogP contribution in [0.4, 0.5) is 0 Å². The van der Waals surface area contributed by atoms with E-state index in [-0.39, 0.29) is 11.6 Å². The van der Waals surface area contributed by atoms with Crippen molar-refractivity contribution in [2.45, 2.75) is 72.6 Å². The quantitative estimate of drug-likeness (QED) is 0.664. The first-order chi connectivity index (χ1) is 10.3. The fourth-order valence-corrected chi connectivity index (χ4v) is 6.05. The van der Waals surface area contributed by atoms with Crippen molar-refractivity contribution in [3.8, 4) is 0 Å². The third kappa shape index (κ3) is 2.75. The lowest BCUT2D eigenvalue weighted by Gasteiger charge is -2.58. The summed E-state index contributed by atoms with van der Waals surface area (Å²) in [5.74, 6) is 1.98. The molecule has 0 aromatic heterocycles. The van der Waals surface area contributed by atoms with Crippen molar-refractivity contribution in [3.63, 3.8) is 0 Å². The smallest absolute Gasteiger partial charge is 0.309 e. The number of hydrogen-bond donors (Lipinski definition) is 2. The van der Waals surface area contributed by atoms with Gasteiger partial charge in [0, 0.05) is 0 Å². The molecule has 0 aromatic carbocycles. The zero-order valence-electron chi connectivity index (χ0n) is 15.4. The number of hydrogen-bond acceptors (Lipinski definition) is 2. The third-order valence-corrected chi connectivity index (χ3v) is 7.59. The molecule has 0 radical (unpaired) electrons. The van der Waals surface area contributed by atoms with E-state index in [1.165, 1.54) is 25.7 Å². The molecule has 0 aliphatic heterocycles. The van der Waals surface area contributed by atoms with Gasteiger partial charge in [-0.1, -0.05) is 38.8 Å². The third-order valence-electron chi connectivity index (χ3n) is 7.59. The van der Waals surface area contributed by atoms with Crippen molar-refractivity contribution < 1.29 is 9.90 Å². The van der Waals surface area contributed by atoms with E-state index in [9.17, 15) is 9.90 Å². The number of rotatable bonds is 2. The molecule has 4 N–H and O–H groups in total. The molecule has 3 heteroatoms. The second-order valence-electron chi connectivity index (χ2n) is 8.99. The molecule has 0 saturated heterocycles. The Bertz CT molecular complexity index is 498. The number of aliphatic carboxylic acids is 1. The highest BCUT2D eigenvalue weighted by Crippen LogP contribution is 2.62. The Labute approximate surface area is 141 Å². The van der Waals surface area contributed by atoms with Gasteiger partial charge in [-0.2, -0.15) is 0 Å². The lowest BCUT2D eigenvalue weighted by atomic mass is 9.46. The van der Waals surface area contributed by atoms with Crippen molar-refractivity contribution in [3.05, 3.63) is 11.6 Å². The molecule has 5 atom stereocenters. The minimum absolute atomic E-state index is 0. The van der Waals surface area contributed by atoms with Gasteiger partial charge in [0.05, 0.1) is 5.41 Å². The van der Waals surface area contributed by atoms with Gasteiger partial charge < -0.3 is 11.3 Å². The van der Waals surface area contributed by atoms with Gasteiger partial charge in [0.25, 0.3) is 0 Å². The molecule has 0 amide bonds. The second kappa shape index (κ2) is 6.23. The van der Waals surface area contributed by atoms with Gasteiger partial charge in [0.1, 0.15) is 0 Å². The first-order valence-electron chi connectivity index (χ1n) is 9.21. The summed E-state index contributed by atoms with van der Waals surface area (Å²) in [7, 11) is 0. The molecule has 0 bridgehead atoms. The Morgan fingerprint density at radius 1 is 1.26 bits per heavy atom. The van der Waals surface area contributed by atoms with Crippen molar-refractivity contribution in [1.29, 1.82) is 0 Å². The summed E-state index contributed by atoms with van der Waals surface area (Å²) < 4.78 is 0. The average Bonchev–Trinajstić information content (AvgIpc) is 2.46. The maximum absolute atomic E-state index is 12.0. The van der Waals surface area contributed by atoms with E-state index in [0.717, 1.165) is 31.1 Å². The minimum atomic E-state index is -0.573. The molecular weight excluding hydrogens is 286 g/mol. The van der Waals surface area contributed by atoms with Crippen LogP contribution in [0.25, 0.3) is 0 Å². The van der Waals surface area contributed by atoms with E-state index >= 15 is 0 Å². The van der Waals surface area contributed by atoms with Gasteiger partial charge in [-0.15, -0.1) is 0 Å². The van der Waals surface area contributed by atoms with Gasteiger partial charge in [-0.25, -0.2) is 0 Å². The molecule has 2 saturated carbocycles. The molecule has 3 aliphatic carbocycles. The molecule has 0 aromatic rings. The Hall–Kier alpha value is -0.830. The maximum Gasteiger partial charge on any atom is 0.309 e. The lowest BCUT2D eigenvalue weighted by molar-refractivity contribution is -0.163. The summed E-state index contributed by atoms with van der Waals surface area (Å²) in [5, 5.41) is 9.84. The number of carboxylic acid groups (broad SMARTS) is 1. The van der Waals surface area contributed by atoms with E-state index < -0.39 is 11.4 Å². The Balaban J connectivity index is 0.00000192. The van der Waals surface area contributed by atoms with E-state index in [2.05, 4.69) is 26.8 Å². The summed E-state index contributed by atoms with van der Waals surface area (Å²) in [5.41, 5.74) is 1.35. The summed E-state index contributed by atoms with van der Waals surface area (Å²) in [6.07, 6.45) is 10.4. The van der Waals surface area contributed by atoms with E-state index in [0.29, 0.717) is 11.8 Å². The topological polar surface area (TPSA) is 72.3 Å². The monoisotopic (exact) mass is 321 g/mol. The highest BCUT2D eigenvalue weighted by Gasteiger charge is 2.57. The van der Waals surface area contributed by atoms with Gasteiger partial charge >= 0.3 is 5.97 Å². The van der Waals surface area contributed by atoms with Crippen LogP contribution in [0.1, 0.15) is 72.6 Å². The first-order valence-corrected chi connectivity index (χ1v) is 9.21. The summed E-state index contributed by atoms with van der Waals surface area (Å²) in [6.45, 7) is 9.11. The SMILES string of the molecule is CC(C)C1CC[C@H]2C(=CCC3[C@](C)(C(=O)O)CCC[C@@]32C)C1.N. The number of carboxylic acids is 1. The Morgan fingerprint density at radius 2 is 1.96 bits per heavy atom. The Morgan fingerprint density at radius 3 is 2.57 bits per heavy atom. The minimum Gasteiger partial charge on any atom is -0.481 e. The van der Waals surface area contributed by atoms with Crippen LogP contribution in [-0.2, 0) is 4.79 Å². The van der Waals surface area contributed by atoms with Gasteiger partial charge in [0.15, 0.2) is 0 Å². The highest BCUT2D eigenvalue weighted by molar-refractivity contribution is 5.75. The molecule has 0 spiro atoms. The van der Waals surface area contributed by atoms with Crippen LogP contribution >= 0.6 is 0 Å². The summed E-state index contributed by atoms with van der Waals surface area (Å²) in [4.78, 5) is 12.0. The van der Waals surface area contributed by atoms with Crippen LogP contribution in [0.15, 0.2) is 11.6 Å². The van der Waals surface area contributed by atoms with Crippen molar-refractivity contribution >= 4 is 5.97 Å². The predicted octanol–water partition coefficient (Wildman–Crippen LogP) is 5.45. The van der Waals surface area contributed by atoms with Gasteiger partial charge in [-0.3, -0.25) is 4.79 Å². The van der Waals surface area contributed by atoms with Crippen LogP contribution in [0, 0.1) is 34.5 Å². The maximum atomic E-state index is 12.0. The molecule has 3 nitrogen and oxygen atoms in total. The van der Waals surface area contributed by atoms with Crippen LogP contribution in [0.5, 0.6) is 0 Å². The van der Waals surface area contributed by atoms with Crippen molar-refractivity contribution in [2.75, 3.05) is 0 Å². The summed E-state index contributed by atoms with van der Waals surface area (Å²) >= 11 is 0.